The van der Waals surface area contributed by atoms with E-state index in [9.17, 15) is 14.0 Å². The van der Waals surface area contributed by atoms with Crippen molar-refractivity contribution in [2.45, 2.75) is 17.7 Å². The molecule has 0 saturated carbocycles. The summed E-state index contributed by atoms with van der Waals surface area (Å²) in [5.74, 6) is 0.209. The van der Waals surface area contributed by atoms with Crippen molar-refractivity contribution >= 4 is 23.6 Å². The van der Waals surface area contributed by atoms with Gasteiger partial charge < -0.3 is 10.6 Å². The van der Waals surface area contributed by atoms with E-state index in [1.165, 1.54) is 12.1 Å². The molecule has 0 spiro atoms. The van der Waals surface area contributed by atoms with E-state index in [0.29, 0.717) is 25.3 Å². The molecular weight excluding hydrogens is 339 g/mol. The lowest BCUT2D eigenvalue weighted by Crippen LogP contribution is -2.35. The Morgan fingerprint density at radius 1 is 0.880 bits per heavy atom. The average molecular weight is 360 g/mol. The summed E-state index contributed by atoms with van der Waals surface area (Å²) in [6, 6.07) is 15.8. The Balaban J connectivity index is 1.53. The third-order valence-electron chi connectivity index (χ3n) is 3.39. The number of hydrogen-bond donors (Lipinski definition) is 2. The van der Waals surface area contributed by atoms with Crippen LogP contribution < -0.4 is 10.6 Å². The van der Waals surface area contributed by atoms with E-state index in [0.717, 1.165) is 10.5 Å². The Bertz CT molecular complexity index is 678. The van der Waals surface area contributed by atoms with Crippen LogP contribution in [0.25, 0.3) is 0 Å². The minimum atomic E-state index is -0.322. The lowest BCUT2D eigenvalue weighted by Gasteiger charge is -2.07. The molecule has 4 nitrogen and oxygen atoms in total. The summed E-state index contributed by atoms with van der Waals surface area (Å²) in [7, 11) is 0. The quantitative estimate of drug-likeness (QED) is 0.534. The van der Waals surface area contributed by atoms with E-state index in [1.54, 1.807) is 23.9 Å². The van der Waals surface area contributed by atoms with E-state index < -0.39 is 0 Å². The molecular formula is C19H21FN2O2S. The van der Waals surface area contributed by atoms with E-state index in [2.05, 4.69) is 10.6 Å². The van der Waals surface area contributed by atoms with Crippen LogP contribution in [0.2, 0.25) is 0 Å². The van der Waals surface area contributed by atoms with Gasteiger partial charge in [0.15, 0.2) is 0 Å². The molecule has 2 N–H and O–H groups in total. The van der Waals surface area contributed by atoms with E-state index >= 15 is 0 Å². The fourth-order valence-electron chi connectivity index (χ4n) is 2.12. The molecule has 132 valence electrons. The molecule has 2 aromatic rings. The van der Waals surface area contributed by atoms with Gasteiger partial charge in [0.25, 0.3) is 0 Å². The molecule has 0 fully saturated rings. The number of hydrogen-bond acceptors (Lipinski definition) is 3. The summed E-state index contributed by atoms with van der Waals surface area (Å²) in [5, 5.41) is 5.51. The molecule has 0 aliphatic rings. The summed E-state index contributed by atoms with van der Waals surface area (Å²) in [6.07, 6.45) is 0.630. The van der Waals surface area contributed by atoms with Gasteiger partial charge in [-0.3, -0.25) is 9.59 Å². The number of halogens is 1. The van der Waals surface area contributed by atoms with E-state index in [-0.39, 0.29) is 24.1 Å². The maximum Gasteiger partial charge on any atom is 0.224 e. The Kier molecular flexibility index (Phi) is 7.98. The molecule has 2 rings (SSSR count). The molecule has 0 aliphatic heterocycles. The van der Waals surface area contributed by atoms with Crippen LogP contribution in [0.1, 0.15) is 12.0 Å². The van der Waals surface area contributed by atoms with Crippen LogP contribution in [0.4, 0.5) is 4.39 Å². The van der Waals surface area contributed by atoms with Crippen molar-refractivity contribution in [1.29, 1.82) is 0 Å². The van der Waals surface area contributed by atoms with Gasteiger partial charge in [0, 0.05) is 30.2 Å². The van der Waals surface area contributed by atoms with Crippen molar-refractivity contribution in [3.05, 3.63) is 66.0 Å². The van der Waals surface area contributed by atoms with Crippen LogP contribution in [-0.2, 0) is 16.0 Å². The first kappa shape index (κ1) is 19.0. The van der Waals surface area contributed by atoms with Crippen molar-refractivity contribution < 1.29 is 14.0 Å². The third-order valence-corrected chi connectivity index (χ3v) is 4.40. The number of nitrogens with one attached hydrogen (secondary N) is 2. The van der Waals surface area contributed by atoms with Crippen LogP contribution in [0, 0.1) is 5.82 Å². The predicted molar refractivity (Wildman–Crippen MR) is 97.9 cm³/mol. The maximum absolute atomic E-state index is 12.8. The first-order valence-corrected chi connectivity index (χ1v) is 9.08. The average Bonchev–Trinajstić information content (AvgIpc) is 2.62. The Labute approximate surface area is 151 Å². The number of thioether (sulfide) groups is 1. The van der Waals surface area contributed by atoms with Gasteiger partial charge in [-0.1, -0.05) is 30.3 Å². The number of carbonyl (C=O) groups is 2. The highest BCUT2D eigenvalue weighted by Gasteiger charge is 2.04. The van der Waals surface area contributed by atoms with Gasteiger partial charge >= 0.3 is 0 Å². The number of benzene rings is 2. The molecule has 0 unspecified atom stereocenters. The molecule has 6 heteroatoms. The SMILES string of the molecule is O=C(CCSc1ccccc1)NCCNC(=O)Cc1ccc(F)cc1. The molecule has 0 atom stereocenters. The highest BCUT2D eigenvalue weighted by molar-refractivity contribution is 7.99. The zero-order chi connectivity index (χ0) is 17.9. The molecule has 2 amide bonds. The van der Waals surface area contributed by atoms with E-state index in [4.69, 9.17) is 0 Å². The second-order valence-corrected chi connectivity index (χ2v) is 6.58. The first-order valence-electron chi connectivity index (χ1n) is 8.09. The van der Waals surface area contributed by atoms with Crippen molar-refractivity contribution in [3.8, 4) is 0 Å². The Hall–Kier alpha value is -2.34. The van der Waals surface area contributed by atoms with Crippen LogP contribution in [0.3, 0.4) is 0 Å². The number of amides is 2. The first-order chi connectivity index (χ1) is 12.1. The maximum atomic E-state index is 12.8. The highest BCUT2D eigenvalue weighted by atomic mass is 32.2. The summed E-state index contributed by atoms with van der Waals surface area (Å²) >= 11 is 1.64. The van der Waals surface area contributed by atoms with Crippen LogP contribution >= 0.6 is 11.8 Å². The molecule has 0 aromatic heterocycles. The lowest BCUT2D eigenvalue weighted by atomic mass is 10.1. The highest BCUT2D eigenvalue weighted by Crippen LogP contribution is 2.17. The summed E-state index contributed by atoms with van der Waals surface area (Å²) < 4.78 is 12.8. The normalized spacial score (nSPS) is 10.3. The van der Waals surface area contributed by atoms with Crippen LogP contribution in [-0.4, -0.2) is 30.7 Å². The third kappa shape index (κ3) is 7.85. The molecule has 0 saturated heterocycles. The smallest absolute Gasteiger partial charge is 0.224 e. The largest absolute Gasteiger partial charge is 0.354 e. The Morgan fingerprint density at radius 2 is 1.52 bits per heavy atom. The molecule has 0 heterocycles. The van der Waals surface area contributed by atoms with E-state index in [1.807, 2.05) is 30.3 Å². The van der Waals surface area contributed by atoms with Gasteiger partial charge in [-0.2, -0.15) is 0 Å². The Morgan fingerprint density at radius 3 is 2.20 bits per heavy atom. The zero-order valence-electron chi connectivity index (χ0n) is 13.8. The minimum absolute atomic E-state index is 0.0313. The fraction of sp³-hybridized carbons (Fsp3) is 0.263. The molecule has 0 radical (unpaired) electrons. The van der Waals surface area contributed by atoms with Gasteiger partial charge in [-0.25, -0.2) is 4.39 Å². The number of rotatable bonds is 9. The van der Waals surface area contributed by atoms with Crippen molar-refractivity contribution in [2.24, 2.45) is 0 Å². The second kappa shape index (κ2) is 10.5. The van der Waals surface area contributed by atoms with Gasteiger partial charge in [0.05, 0.1) is 6.42 Å². The van der Waals surface area contributed by atoms with Crippen LogP contribution in [0.5, 0.6) is 0 Å². The second-order valence-electron chi connectivity index (χ2n) is 5.41. The molecule has 0 aliphatic carbocycles. The number of carbonyl (C=O) groups excluding carboxylic acids is 2. The van der Waals surface area contributed by atoms with Gasteiger partial charge in [0.1, 0.15) is 5.82 Å². The molecule has 0 bridgehead atoms. The van der Waals surface area contributed by atoms with Crippen molar-refractivity contribution in [1.82, 2.24) is 10.6 Å². The fourth-order valence-corrected chi connectivity index (χ4v) is 2.99. The minimum Gasteiger partial charge on any atom is -0.354 e. The van der Waals surface area contributed by atoms with Crippen molar-refractivity contribution in [3.63, 3.8) is 0 Å². The van der Waals surface area contributed by atoms with Gasteiger partial charge in [-0.15, -0.1) is 11.8 Å². The molecule has 25 heavy (non-hydrogen) atoms. The standard InChI is InChI=1S/C19H21FN2O2S/c20-16-8-6-15(7-9-16)14-19(24)22-12-11-21-18(23)10-13-25-17-4-2-1-3-5-17/h1-9H,10-14H2,(H,21,23)(H,22,24). The lowest BCUT2D eigenvalue weighted by molar-refractivity contribution is -0.122. The summed E-state index contributed by atoms with van der Waals surface area (Å²) in [4.78, 5) is 24.6. The predicted octanol–water partition coefficient (Wildman–Crippen LogP) is 2.78. The monoisotopic (exact) mass is 360 g/mol. The summed E-state index contributed by atoms with van der Waals surface area (Å²) in [6.45, 7) is 0.765. The van der Waals surface area contributed by atoms with Gasteiger partial charge in [-0.05, 0) is 29.8 Å². The van der Waals surface area contributed by atoms with Crippen LogP contribution in [0.15, 0.2) is 59.5 Å². The topological polar surface area (TPSA) is 58.2 Å². The molecule has 2 aromatic carbocycles. The zero-order valence-corrected chi connectivity index (χ0v) is 14.7. The van der Waals surface area contributed by atoms with Gasteiger partial charge in [0.2, 0.25) is 11.8 Å². The van der Waals surface area contributed by atoms with Crippen molar-refractivity contribution in [2.75, 3.05) is 18.8 Å². The summed E-state index contributed by atoms with van der Waals surface area (Å²) in [5.41, 5.74) is 0.751.